The van der Waals surface area contributed by atoms with Gasteiger partial charge in [-0.15, -0.1) is 0 Å². The molecule has 0 unspecified atom stereocenters. The third-order valence-corrected chi connectivity index (χ3v) is 4.47. The molecule has 3 heterocycles. The zero-order chi connectivity index (χ0) is 15.5. The van der Waals surface area contributed by atoms with E-state index in [-0.39, 0.29) is 17.9 Å². The van der Waals surface area contributed by atoms with Gasteiger partial charge in [-0.1, -0.05) is 0 Å². The smallest absolute Gasteiger partial charge is 0.273 e. The Morgan fingerprint density at radius 2 is 1.86 bits per heavy atom. The number of amides is 2. The van der Waals surface area contributed by atoms with Crippen molar-refractivity contribution in [3.8, 4) is 0 Å². The first-order valence-corrected chi connectivity index (χ1v) is 7.98. The SMILES string of the molecule is Nc1ccc(C(=O)N2CCC[C@H]2C(=O)N2CCCCC2)nc1. The van der Waals surface area contributed by atoms with Gasteiger partial charge in [0.1, 0.15) is 11.7 Å². The summed E-state index contributed by atoms with van der Waals surface area (Å²) in [6, 6.07) is 2.96. The number of anilines is 1. The lowest BCUT2D eigenvalue weighted by Crippen LogP contribution is -2.49. The topological polar surface area (TPSA) is 79.5 Å². The van der Waals surface area contributed by atoms with Crippen LogP contribution in [0.15, 0.2) is 18.3 Å². The zero-order valence-corrected chi connectivity index (χ0v) is 12.7. The third-order valence-electron chi connectivity index (χ3n) is 4.47. The molecule has 1 aromatic heterocycles. The molecule has 22 heavy (non-hydrogen) atoms. The Kier molecular flexibility index (Phi) is 4.27. The summed E-state index contributed by atoms with van der Waals surface area (Å²) in [5.41, 5.74) is 6.49. The summed E-state index contributed by atoms with van der Waals surface area (Å²) in [4.78, 5) is 33.0. The lowest BCUT2D eigenvalue weighted by atomic mass is 10.1. The predicted molar refractivity (Wildman–Crippen MR) is 83.1 cm³/mol. The van der Waals surface area contributed by atoms with Crippen LogP contribution in [0, 0.1) is 0 Å². The number of hydrogen-bond acceptors (Lipinski definition) is 4. The average Bonchev–Trinajstić information content (AvgIpc) is 3.04. The molecule has 1 aromatic rings. The van der Waals surface area contributed by atoms with Gasteiger partial charge in [0, 0.05) is 19.6 Å². The van der Waals surface area contributed by atoms with Crippen molar-refractivity contribution in [2.75, 3.05) is 25.4 Å². The Hall–Kier alpha value is -2.11. The van der Waals surface area contributed by atoms with E-state index in [9.17, 15) is 9.59 Å². The van der Waals surface area contributed by atoms with Gasteiger partial charge in [-0.25, -0.2) is 4.98 Å². The van der Waals surface area contributed by atoms with Crippen molar-refractivity contribution in [1.82, 2.24) is 14.8 Å². The van der Waals surface area contributed by atoms with Crippen LogP contribution in [0.25, 0.3) is 0 Å². The van der Waals surface area contributed by atoms with Crippen molar-refractivity contribution in [3.63, 3.8) is 0 Å². The number of nitrogens with zero attached hydrogens (tertiary/aromatic N) is 3. The second-order valence-electron chi connectivity index (χ2n) is 6.02. The summed E-state index contributed by atoms with van der Waals surface area (Å²) in [6.45, 7) is 2.25. The zero-order valence-electron chi connectivity index (χ0n) is 12.7. The van der Waals surface area contributed by atoms with E-state index >= 15 is 0 Å². The van der Waals surface area contributed by atoms with Crippen LogP contribution < -0.4 is 5.73 Å². The maximum atomic E-state index is 12.7. The minimum absolute atomic E-state index is 0.0981. The first-order valence-electron chi connectivity index (χ1n) is 7.98. The summed E-state index contributed by atoms with van der Waals surface area (Å²) in [7, 11) is 0. The van der Waals surface area contributed by atoms with Gasteiger partial charge in [-0.05, 0) is 44.2 Å². The molecular formula is C16H22N4O2. The van der Waals surface area contributed by atoms with Crippen molar-refractivity contribution in [2.24, 2.45) is 0 Å². The second-order valence-corrected chi connectivity index (χ2v) is 6.02. The largest absolute Gasteiger partial charge is 0.397 e. The number of aromatic nitrogens is 1. The Bertz CT molecular complexity index is 552. The average molecular weight is 302 g/mol. The molecule has 1 atom stereocenters. The minimum Gasteiger partial charge on any atom is -0.397 e. The number of nitrogen functional groups attached to an aromatic ring is 1. The van der Waals surface area contributed by atoms with Gasteiger partial charge in [0.15, 0.2) is 0 Å². The Morgan fingerprint density at radius 1 is 1.09 bits per heavy atom. The Morgan fingerprint density at radius 3 is 2.55 bits per heavy atom. The Balaban J connectivity index is 1.73. The normalized spacial score (nSPS) is 21.9. The van der Waals surface area contributed by atoms with Gasteiger partial charge < -0.3 is 15.5 Å². The quantitative estimate of drug-likeness (QED) is 0.892. The molecule has 0 spiro atoms. The van der Waals surface area contributed by atoms with Gasteiger partial charge in [0.25, 0.3) is 5.91 Å². The van der Waals surface area contributed by atoms with E-state index in [2.05, 4.69) is 4.98 Å². The highest BCUT2D eigenvalue weighted by Crippen LogP contribution is 2.23. The molecule has 0 aliphatic carbocycles. The molecule has 118 valence electrons. The maximum Gasteiger partial charge on any atom is 0.273 e. The van der Waals surface area contributed by atoms with Crippen LogP contribution in [0.4, 0.5) is 5.69 Å². The first-order chi connectivity index (χ1) is 10.7. The monoisotopic (exact) mass is 302 g/mol. The van der Waals surface area contributed by atoms with E-state index in [4.69, 9.17) is 5.73 Å². The third kappa shape index (κ3) is 2.91. The number of hydrogen-bond donors (Lipinski definition) is 1. The van der Waals surface area contributed by atoms with Gasteiger partial charge in [-0.3, -0.25) is 9.59 Å². The highest BCUT2D eigenvalue weighted by atomic mass is 16.2. The van der Waals surface area contributed by atoms with Crippen LogP contribution in [0.2, 0.25) is 0 Å². The number of nitrogens with two attached hydrogens (primary N) is 1. The van der Waals surface area contributed by atoms with Crippen LogP contribution in [-0.4, -0.2) is 52.3 Å². The number of piperidine rings is 1. The molecule has 0 radical (unpaired) electrons. The number of pyridine rings is 1. The van der Waals surface area contributed by atoms with Crippen LogP contribution >= 0.6 is 0 Å². The van der Waals surface area contributed by atoms with Crippen molar-refractivity contribution in [3.05, 3.63) is 24.0 Å². The van der Waals surface area contributed by atoms with Gasteiger partial charge in [0.05, 0.1) is 11.9 Å². The molecule has 0 bridgehead atoms. The van der Waals surface area contributed by atoms with Crippen molar-refractivity contribution in [1.29, 1.82) is 0 Å². The summed E-state index contributed by atoms with van der Waals surface area (Å²) >= 11 is 0. The van der Waals surface area contributed by atoms with E-state index in [1.54, 1.807) is 17.0 Å². The van der Waals surface area contributed by atoms with Gasteiger partial charge in [-0.2, -0.15) is 0 Å². The second kappa shape index (κ2) is 6.34. The number of rotatable bonds is 2. The van der Waals surface area contributed by atoms with Crippen LogP contribution in [-0.2, 0) is 4.79 Å². The number of carbonyl (C=O) groups is 2. The fourth-order valence-corrected chi connectivity index (χ4v) is 3.27. The molecule has 0 saturated carbocycles. The Labute approximate surface area is 130 Å². The number of likely N-dealkylation sites (tertiary alicyclic amines) is 2. The highest BCUT2D eigenvalue weighted by molar-refractivity contribution is 5.96. The van der Waals surface area contributed by atoms with E-state index in [0.29, 0.717) is 17.9 Å². The van der Waals surface area contributed by atoms with E-state index in [0.717, 1.165) is 38.8 Å². The summed E-state index contributed by atoms with van der Waals surface area (Å²) in [5.74, 6) is -0.0751. The molecule has 2 aliphatic rings. The van der Waals surface area contributed by atoms with Gasteiger partial charge in [0.2, 0.25) is 5.91 Å². The summed E-state index contributed by atoms with van der Waals surface area (Å²) in [5, 5.41) is 0. The molecule has 2 amide bonds. The standard InChI is InChI=1S/C16H22N4O2/c17-12-6-7-13(18-11-12)15(21)20-10-4-5-14(20)16(22)19-8-2-1-3-9-19/h6-7,11,14H,1-5,8-10,17H2/t14-/m0/s1. The van der Waals surface area contributed by atoms with Crippen molar-refractivity contribution >= 4 is 17.5 Å². The molecule has 6 heteroatoms. The maximum absolute atomic E-state index is 12.7. The molecule has 2 fully saturated rings. The van der Waals surface area contributed by atoms with E-state index < -0.39 is 0 Å². The predicted octanol–water partition coefficient (Wildman–Crippen LogP) is 1.28. The summed E-state index contributed by atoms with van der Waals surface area (Å²) < 4.78 is 0. The lowest BCUT2D eigenvalue weighted by Gasteiger charge is -2.32. The number of carbonyl (C=O) groups excluding carboxylic acids is 2. The van der Waals surface area contributed by atoms with Gasteiger partial charge >= 0.3 is 0 Å². The molecule has 2 aliphatic heterocycles. The van der Waals surface area contributed by atoms with Crippen molar-refractivity contribution < 1.29 is 9.59 Å². The van der Waals surface area contributed by atoms with E-state index in [1.165, 1.54) is 12.6 Å². The molecule has 2 N–H and O–H groups in total. The van der Waals surface area contributed by atoms with Crippen molar-refractivity contribution in [2.45, 2.75) is 38.1 Å². The molecule has 2 saturated heterocycles. The molecule has 0 aromatic carbocycles. The van der Waals surface area contributed by atoms with Crippen LogP contribution in [0.5, 0.6) is 0 Å². The minimum atomic E-state index is -0.329. The fraction of sp³-hybridized carbons (Fsp3) is 0.562. The molecule has 3 rings (SSSR count). The molecule has 6 nitrogen and oxygen atoms in total. The molecular weight excluding hydrogens is 280 g/mol. The van der Waals surface area contributed by atoms with E-state index in [1.807, 2.05) is 4.90 Å². The van der Waals surface area contributed by atoms with Crippen LogP contribution in [0.1, 0.15) is 42.6 Å². The fourth-order valence-electron chi connectivity index (χ4n) is 3.27. The van der Waals surface area contributed by atoms with Crippen LogP contribution in [0.3, 0.4) is 0 Å². The highest BCUT2D eigenvalue weighted by Gasteiger charge is 2.37. The first kappa shape index (κ1) is 14.8. The lowest BCUT2D eigenvalue weighted by molar-refractivity contribution is -0.136. The summed E-state index contributed by atoms with van der Waals surface area (Å²) in [6.07, 6.45) is 6.40.